The Morgan fingerprint density at radius 1 is 1.14 bits per heavy atom. The SMILES string of the molecule is C1=CCC2C(C=C3CC4OC4CC32)C1. The number of ether oxygens (including phenoxy) is 1. The van der Waals surface area contributed by atoms with Gasteiger partial charge in [-0.25, -0.2) is 0 Å². The first-order valence-corrected chi connectivity index (χ1v) is 5.93. The van der Waals surface area contributed by atoms with Gasteiger partial charge in [-0.2, -0.15) is 0 Å². The minimum Gasteiger partial charge on any atom is -0.369 e. The van der Waals surface area contributed by atoms with Crippen molar-refractivity contribution in [3.63, 3.8) is 0 Å². The Kier molecular flexibility index (Phi) is 1.38. The van der Waals surface area contributed by atoms with Crippen LogP contribution in [0, 0.1) is 17.8 Å². The highest BCUT2D eigenvalue weighted by atomic mass is 16.6. The van der Waals surface area contributed by atoms with Gasteiger partial charge in [0, 0.05) is 0 Å². The molecule has 74 valence electrons. The summed E-state index contributed by atoms with van der Waals surface area (Å²) in [6.45, 7) is 0. The summed E-state index contributed by atoms with van der Waals surface area (Å²) in [5.74, 6) is 2.69. The Morgan fingerprint density at radius 3 is 3.07 bits per heavy atom. The van der Waals surface area contributed by atoms with Gasteiger partial charge in [0.25, 0.3) is 0 Å². The third-order valence-corrected chi connectivity index (χ3v) is 4.57. The average molecular weight is 188 g/mol. The molecular formula is C13H16O. The van der Waals surface area contributed by atoms with Crippen molar-refractivity contribution in [1.82, 2.24) is 0 Å². The molecule has 0 radical (unpaired) electrons. The molecule has 5 unspecified atom stereocenters. The minimum atomic E-state index is 0.616. The van der Waals surface area contributed by atoms with Gasteiger partial charge in [0.05, 0.1) is 12.2 Å². The van der Waals surface area contributed by atoms with Crippen LogP contribution in [0.1, 0.15) is 25.7 Å². The van der Waals surface area contributed by atoms with E-state index >= 15 is 0 Å². The van der Waals surface area contributed by atoms with Crippen LogP contribution in [0.3, 0.4) is 0 Å². The maximum Gasteiger partial charge on any atom is 0.0879 e. The molecule has 0 amide bonds. The predicted octanol–water partition coefficient (Wildman–Crippen LogP) is 2.69. The van der Waals surface area contributed by atoms with E-state index in [2.05, 4.69) is 18.2 Å². The lowest BCUT2D eigenvalue weighted by atomic mass is 9.75. The van der Waals surface area contributed by atoms with Crippen molar-refractivity contribution < 1.29 is 4.74 Å². The summed E-state index contributed by atoms with van der Waals surface area (Å²) in [5, 5.41) is 0. The second-order valence-electron chi connectivity index (χ2n) is 5.27. The number of epoxide rings is 1. The highest BCUT2D eigenvalue weighted by Gasteiger charge is 2.50. The molecule has 1 aliphatic heterocycles. The van der Waals surface area contributed by atoms with Crippen molar-refractivity contribution in [1.29, 1.82) is 0 Å². The Hall–Kier alpha value is -0.560. The maximum atomic E-state index is 5.64. The van der Waals surface area contributed by atoms with Crippen LogP contribution in [0.5, 0.6) is 0 Å². The Labute approximate surface area is 84.8 Å². The van der Waals surface area contributed by atoms with Gasteiger partial charge in [-0.15, -0.1) is 0 Å². The first-order chi connectivity index (χ1) is 6.92. The molecule has 4 rings (SSSR count). The second kappa shape index (κ2) is 2.52. The molecule has 1 heterocycles. The molecule has 0 bridgehead atoms. The number of rotatable bonds is 0. The van der Waals surface area contributed by atoms with Crippen LogP contribution in [-0.2, 0) is 4.74 Å². The van der Waals surface area contributed by atoms with Crippen LogP contribution in [-0.4, -0.2) is 12.2 Å². The van der Waals surface area contributed by atoms with Gasteiger partial charge in [-0.1, -0.05) is 23.8 Å². The summed E-state index contributed by atoms with van der Waals surface area (Å²) in [5.41, 5.74) is 1.74. The standard InChI is InChI=1S/C13H16O/c1-2-4-10-8(3-1)5-9-6-12-13(14-12)7-11(9)10/h1-2,5,8,10-13H,3-4,6-7H2. The molecule has 3 aliphatic carbocycles. The summed E-state index contributed by atoms with van der Waals surface area (Å²) in [6, 6.07) is 0. The lowest BCUT2D eigenvalue weighted by molar-refractivity contribution is 0.279. The van der Waals surface area contributed by atoms with Crippen LogP contribution in [0.15, 0.2) is 23.8 Å². The van der Waals surface area contributed by atoms with Crippen molar-refractivity contribution in [2.24, 2.45) is 17.8 Å². The normalized spacial score (nSPS) is 53.1. The molecule has 1 nitrogen and oxygen atoms in total. The lowest BCUT2D eigenvalue weighted by Gasteiger charge is -2.28. The Bertz CT molecular complexity index is 328. The molecule has 0 N–H and O–H groups in total. The largest absolute Gasteiger partial charge is 0.369 e. The molecule has 0 aromatic rings. The predicted molar refractivity (Wildman–Crippen MR) is 54.8 cm³/mol. The number of fused-ring (bicyclic) bond motifs is 4. The van der Waals surface area contributed by atoms with Crippen LogP contribution in [0.4, 0.5) is 0 Å². The summed E-state index contributed by atoms with van der Waals surface area (Å²) in [6.07, 6.45) is 13.8. The van der Waals surface area contributed by atoms with Gasteiger partial charge in [-0.3, -0.25) is 0 Å². The zero-order valence-electron chi connectivity index (χ0n) is 8.36. The molecule has 2 fully saturated rings. The van der Waals surface area contributed by atoms with Gasteiger partial charge in [0.2, 0.25) is 0 Å². The van der Waals surface area contributed by atoms with Gasteiger partial charge in [-0.05, 0) is 43.4 Å². The zero-order chi connectivity index (χ0) is 9.12. The van der Waals surface area contributed by atoms with E-state index in [9.17, 15) is 0 Å². The monoisotopic (exact) mass is 188 g/mol. The summed E-state index contributed by atoms with van der Waals surface area (Å²) in [7, 11) is 0. The van der Waals surface area contributed by atoms with Crippen molar-refractivity contribution in [2.75, 3.05) is 0 Å². The van der Waals surface area contributed by atoms with E-state index < -0.39 is 0 Å². The van der Waals surface area contributed by atoms with Gasteiger partial charge >= 0.3 is 0 Å². The summed E-state index contributed by atoms with van der Waals surface area (Å²) >= 11 is 0. The fraction of sp³-hybridized carbons (Fsp3) is 0.692. The average Bonchev–Trinajstić information content (AvgIpc) is 2.87. The van der Waals surface area contributed by atoms with Crippen molar-refractivity contribution in [2.45, 2.75) is 37.9 Å². The van der Waals surface area contributed by atoms with E-state index in [1.54, 1.807) is 5.57 Å². The number of hydrogen-bond donors (Lipinski definition) is 0. The van der Waals surface area contributed by atoms with Crippen molar-refractivity contribution in [3.8, 4) is 0 Å². The van der Waals surface area contributed by atoms with Crippen molar-refractivity contribution in [3.05, 3.63) is 23.8 Å². The minimum absolute atomic E-state index is 0.616. The molecule has 1 saturated heterocycles. The molecule has 1 heteroatoms. The van der Waals surface area contributed by atoms with E-state index in [-0.39, 0.29) is 0 Å². The fourth-order valence-corrected chi connectivity index (χ4v) is 3.78. The third kappa shape index (κ3) is 0.939. The van der Waals surface area contributed by atoms with Crippen LogP contribution < -0.4 is 0 Å². The third-order valence-electron chi connectivity index (χ3n) is 4.57. The smallest absolute Gasteiger partial charge is 0.0879 e. The van der Waals surface area contributed by atoms with E-state index in [4.69, 9.17) is 4.74 Å². The number of hydrogen-bond acceptors (Lipinski definition) is 1. The van der Waals surface area contributed by atoms with Crippen LogP contribution in [0.25, 0.3) is 0 Å². The summed E-state index contributed by atoms with van der Waals surface area (Å²) in [4.78, 5) is 0. The molecule has 0 aromatic carbocycles. The highest BCUT2D eigenvalue weighted by molar-refractivity contribution is 5.27. The maximum absolute atomic E-state index is 5.64. The Balaban J connectivity index is 1.66. The molecule has 5 atom stereocenters. The topological polar surface area (TPSA) is 12.5 Å². The molecule has 4 aliphatic rings. The van der Waals surface area contributed by atoms with E-state index in [0.717, 1.165) is 17.8 Å². The first kappa shape index (κ1) is 7.70. The lowest BCUT2D eigenvalue weighted by Crippen LogP contribution is -2.23. The molecule has 0 spiro atoms. The number of allylic oxidation sites excluding steroid dienone is 3. The van der Waals surface area contributed by atoms with Crippen LogP contribution in [0.2, 0.25) is 0 Å². The zero-order valence-corrected chi connectivity index (χ0v) is 8.36. The Morgan fingerprint density at radius 2 is 2.07 bits per heavy atom. The van der Waals surface area contributed by atoms with Gasteiger partial charge < -0.3 is 4.74 Å². The van der Waals surface area contributed by atoms with Gasteiger partial charge in [0.1, 0.15) is 0 Å². The fourth-order valence-electron chi connectivity index (χ4n) is 3.78. The first-order valence-electron chi connectivity index (χ1n) is 5.93. The summed E-state index contributed by atoms with van der Waals surface area (Å²) < 4.78 is 5.64. The van der Waals surface area contributed by atoms with Crippen LogP contribution >= 0.6 is 0 Å². The highest BCUT2D eigenvalue weighted by Crippen LogP contribution is 2.53. The molecule has 0 aromatic heterocycles. The van der Waals surface area contributed by atoms with E-state index in [1.165, 1.54) is 25.7 Å². The quantitative estimate of drug-likeness (QED) is 0.420. The molecule has 14 heavy (non-hydrogen) atoms. The van der Waals surface area contributed by atoms with Crippen molar-refractivity contribution >= 4 is 0 Å². The van der Waals surface area contributed by atoms with E-state index in [1.807, 2.05) is 0 Å². The van der Waals surface area contributed by atoms with Gasteiger partial charge in [0.15, 0.2) is 0 Å². The molecular weight excluding hydrogens is 172 g/mol. The molecule has 1 saturated carbocycles. The van der Waals surface area contributed by atoms with E-state index in [0.29, 0.717) is 12.2 Å². The second-order valence-corrected chi connectivity index (χ2v) is 5.27.